The number of aromatic amines is 1. The highest BCUT2D eigenvalue weighted by atomic mass is 32.2. The molecule has 2 aliphatic rings. The number of fused-ring (bicyclic) bond motifs is 2. The lowest BCUT2D eigenvalue weighted by Crippen LogP contribution is -2.57. The van der Waals surface area contributed by atoms with E-state index in [-0.39, 0.29) is 12.1 Å². The van der Waals surface area contributed by atoms with Gasteiger partial charge in [0, 0.05) is 60.6 Å². The Morgan fingerprint density at radius 1 is 1.11 bits per heavy atom. The van der Waals surface area contributed by atoms with Crippen LogP contribution in [0.1, 0.15) is 18.7 Å². The Balaban J connectivity index is 1.39. The summed E-state index contributed by atoms with van der Waals surface area (Å²) in [6.07, 6.45) is 3.12. The lowest BCUT2D eigenvalue weighted by atomic mass is 10.1. The van der Waals surface area contributed by atoms with Crippen molar-refractivity contribution in [3.8, 4) is 11.4 Å². The number of H-pyrrole nitrogens is 1. The van der Waals surface area contributed by atoms with Crippen LogP contribution < -0.4 is 4.90 Å². The van der Waals surface area contributed by atoms with Crippen LogP contribution in [0, 0.1) is 0 Å². The van der Waals surface area contributed by atoms with Gasteiger partial charge in [0.25, 0.3) is 0 Å². The molecule has 196 valence electrons. The molecule has 37 heavy (non-hydrogen) atoms. The molecule has 12 heteroatoms. The van der Waals surface area contributed by atoms with Crippen molar-refractivity contribution >= 4 is 48.3 Å². The number of sulfonamides is 1. The Hall–Kier alpha value is -2.64. The van der Waals surface area contributed by atoms with E-state index in [2.05, 4.69) is 39.9 Å². The molecule has 2 fully saturated rings. The van der Waals surface area contributed by atoms with E-state index in [1.807, 2.05) is 24.4 Å². The Bertz CT molecular complexity index is 1530. The van der Waals surface area contributed by atoms with E-state index in [9.17, 15) is 8.42 Å². The summed E-state index contributed by atoms with van der Waals surface area (Å²) >= 11 is 1.69. The number of hydrogen-bond acceptors (Lipinski definition) is 9. The minimum Gasteiger partial charge on any atom is -0.378 e. The highest BCUT2D eigenvalue weighted by Gasteiger charge is 2.34. The summed E-state index contributed by atoms with van der Waals surface area (Å²) in [4.78, 5) is 17.0. The highest BCUT2D eigenvalue weighted by molar-refractivity contribution is 7.88. The molecule has 5 heterocycles. The van der Waals surface area contributed by atoms with Crippen LogP contribution >= 0.6 is 11.3 Å². The summed E-state index contributed by atoms with van der Waals surface area (Å²) < 4.78 is 31.5. The third-order valence-corrected chi connectivity index (χ3v) is 9.59. The van der Waals surface area contributed by atoms with Crippen LogP contribution in [0.4, 0.5) is 5.82 Å². The number of anilines is 1. The zero-order valence-corrected chi connectivity index (χ0v) is 22.8. The maximum absolute atomic E-state index is 12.1. The Kier molecular flexibility index (Phi) is 6.40. The van der Waals surface area contributed by atoms with Gasteiger partial charge in [0.05, 0.1) is 36.6 Å². The van der Waals surface area contributed by atoms with Crippen LogP contribution in [0.15, 0.2) is 30.5 Å². The number of nitrogens with zero attached hydrogens (tertiary/aromatic N) is 6. The van der Waals surface area contributed by atoms with E-state index < -0.39 is 10.0 Å². The molecule has 6 rings (SSSR count). The van der Waals surface area contributed by atoms with Gasteiger partial charge in [0.2, 0.25) is 10.0 Å². The van der Waals surface area contributed by atoms with Crippen molar-refractivity contribution in [2.24, 2.45) is 0 Å². The standard InChI is InChI=1S/C25H31N7O3S2/c1-16-13-31(37(3,33)34)14-17(2)32(16)15-18-11-20-24(30-7-9-35-10-8-30)27-23(28-25(20)36-18)19-5-4-6-22-21(19)12-26-29-22/h4-6,11-12,16-17H,7-10,13-15H2,1-3H3,(H,26,29). The van der Waals surface area contributed by atoms with Crippen molar-refractivity contribution in [3.05, 3.63) is 35.3 Å². The molecule has 0 saturated carbocycles. The van der Waals surface area contributed by atoms with Crippen molar-refractivity contribution in [1.82, 2.24) is 29.4 Å². The van der Waals surface area contributed by atoms with Crippen LogP contribution in [0.3, 0.4) is 0 Å². The molecular formula is C25H31N7O3S2. The summed E-state index contributed by atoms with van der Waals surface area (Å²) in [7, 11) is -3.20. The second kappa shape index (κ2) is 9.59. The first kappa shape index (κ1) is 24.7. The molecular weight excluding hydrogens is 510 g/mol. The maximum atomic E-state index is 12.1. The fourth-order valence-electron chi connectivity index (χ4n) is 5.40. The van der Waals surface area contributed by atoms with Crippen molar-refractivity contribution in [1.29, 1.82) is 0 Å². The molecule has 1 N–H and O–H groups in total. The Labute approximate surface area is 220 Å². The molecule has 0 amide bonds. The largest absolute Gasteiger partial charge is 0.378 e. The number of piperazine rings is 1. The van der Waals surface area contributed by atoms with Gasteiger partial charge < -0.3 is 9.64 Å². The lowest BCUT2D eigenvalue weighted by molar-refractivity contribution is 0.0712. The van der Waals surface area contributed by atoms with Gasteiger partial charge in [-0.3, -0.25) is 10.00 Å². The molecule has 3 aromatic heterocycles. The fraction of sp³-hybridized carbons (Fsp3) is 0.480. The molecule has 1 aromatic carbocycles. The van der Waals surface area contributed by atoms with Gasteiger partial charge in [-0.1, -0.05) is 12.1 Å². The number of nitrogens with one attached hydrogen (secondary N) is 1. The van der Waals surface area contributed by atoms with Crippen LogP contribution in [-0.2, 0) is 21.3 Å². The number of aromatic nitrogens is 4. The molecule has 0 radical (unpaired) electrons. The Morgan fingerprint density at radius 2 is 1.86 bits per heavy atom. The van der Waals surface area contributed by atoms with E-state index in [0.717, 1.165) is 52.1 Å². The number of hydrogen-bond donors (Lipinski definition) is 1. The molecule has 2 unspecified atom stereocenters. The van der Waals surface area contributed by atoms with Crippen LogP contribution in [0.25, 0.3) is 32.5 Å². The van der Waals surface area contributed by atoms with Crippen molar-refractivity contribution in [2.45, 2.75) is 32.5 Å². The predicted octanol–water partition coefficient (Wildman–Crippen LogP) is 2.93. The molecule has 4 aromatic rings. The normalized spacial score (nSPS) is 22.3. The van der Waals surface area contributed by atoms with Crippen LogP contribution in [0.2, 0.25) is 0 Å². The van der Waals surface area contributed by atoms with E-state index >= 15 is 0 Å². The first-order valence-corrected chi connectivity index (χ1v) is 15.2. The molecule has 2 atom stereocenters. The lowest BCUT2D eigenvalue weighted by Gasteiger charge is -2.43. The van der Waals surface area contributed by atoms with E-state index in [1.165, 1.54) is 11.1 Å². The summed E-state index contributed by atoms with van der Waals surface area (Å²) in [6, 6.07) is 8.49. The highest BCUT2D eigenvalue weighted by Crippen LogP contribution is 2.36. The SMILES string of the molecule is CC1CN(S(C)(=O)=O)CC(C)N1Cc1cc2c(N3CCOCC3)nc(-c3cccc4[nH]ncc34)nc2s1. The summed E-state index contributed by atoms with van der Waals surface area (Å²) in [5, 5.41) is 9.31. The molecule has 0 bridgehead atoms. The second-order valence-electron chi connectivity index (χ2n) is 9.99. The minimum absolute atomic E-state index is 0.114. The van der Waals surface area contributed by atoms with Gasteiger partial charge in [0.1, 0.15) is 10.6 Å². The van der Waals surface area contributed by atoms with E-state index in [4.69, 9.17) is 14.7 Å². The number of thiophene rings is 1. The molecule has 2 saturated heterocycles. The fourth-order valence-corrected chi connectivity index (χ4v) is 7.41. The Morgan fingerprint density at radius 3 is 2.59 bits per heavy atom. The van der Waals surface area contributed by atoms with Crippen molar-refractivity contribution in [2.75, 3.05) is 50.5 Å². The summed E-state index contributed by atoms with van der Waals surface area (Å²) in [5.74, 6) is 1.63. The van der Waals surface area contributed by atoms with Crippen molar-refractivity contribution < 1.29 is 13.2 Å². The van der Waals surface area contributed by atoms with Gasteiger partial charge in [-0.05, 0) is 26.0 Å². The minimum atomic E-state index is -3.20. The van der Waals surface area contributed by atoms with Gasteiger partial charge in [0.15, 0.2) is 5.82 Å². The smallest absolute Gasteiger partial charge is 0.211 e. The molecule has 10 nitrogen and oxygen atoms in total. The van der Waals surface area contributed by atoms with Gasteiger partial charge in [-0.25, -0.2) is 18.4 Å². The zero-order chi connectivity index (χ0) is 25.7. The number of morpholine rings is 1. The summed E-state index contributed by atoms with van der Waals surface area (Å²) in [6.45, 7) is 8.88. The van der Waals surface area contributed by atoms with Crippen LogP contribution in [0.5, 0.6) is 0 Å². The number of benzene rings is 1. The van der Waals surface area contributed by atoms with Gasteiger partial charge >= 0.3 is 0 Å². The molecule has 0 spiro atoms. The summed E-state index contributed by atoms with van der Waals surface area (Å²) in [5.41, 5.74) is 1.91. The second-order valence-corrected chi connectivity index (χ2v) is 13.1. The van der Waals surface area contributed by atoms with Gasteiger partial charge in [-0.2, -0.15) is 9.40 Å². The van der Waals surface area contributed by atoms with E-state index in [0.29, 0.717) is 32.1 Å². The quantitative estimate of drug-likeness (QED) is 0.411. The van der Waals surface area contributed by atoms with Gasteiger partial charge in [-0.15, -0.1) is 11.3 Å². The maximum Gasteiger partial charge on any atom is 0.211 e. The number of ether oxygens (including phenoxy) is 1. The monoisotopic (exact) mass is 541 g/mol. The average molecular weight is 542 g/mol. The third kappa shape index (κ3) is 4.72. The van der Waals surface area contributed by atoms with Crippen LogP contribution in [-0.4, -0.2) is 95.5 Å². The first-order chi connectivity index (χ1) is 17.8. The average Bonchev–Trinajstić information content (AvgIpc) is 3.52. The molecule has 2 aliphatic heterocycles. The third-order valence-electron chi connectivity index (χ3n) is 7.34. The zero-order valence-electron chi connectivity index (χ0n) is 21.2. The van der Waals surface area contributed by atoms with E-state index in [1.54, 1.807) is 15.6 Å². The number of rotatable bonds is 5. The van der Waals surface area contributed by atoms with Crippen molar-refractivity contribution in [3.63, 3.8) is 0 Å². The molecule has 0 aliphatic carbocycles. The first-order valence-electron chi connectivity index (χ1n) is 12.5. The predicted molar refractivity (Wildman–Crippen MR) is 146 cm³/mol. The topological polar surface area (TPSA) is 108 Å².